The summed E-state index contributed by atoms with van der Waals surface area (Å²) in [5, 5.41) is 0.551. The van der Waals surface area contributed by atoms with Gasteiger partial charge in [-0.05, 0) is 76.9 Å². The number of benzene rings is 3. The summed E-state index contributed by atoms with van der Waals surface area (Å²) in [6.07, 6.45) is 3.87. The molecule has 0 fully saturated rings. The molecule has 3 aromatic rings. The van der Waals surface area contributed by atoms with Crippen LogP contribution in [0.25, 0.3) is 11.6 Å². The summed E-state index contributed by atoms with van der Waals surface area (Å²) in [4.78, 5) is 0.265. The number of hydrogen-bond acceptors (Lipinski definition) is 2. The van der Waals surface area contributed by atoms with Crippen molar-refractivity contribution in [3.8, 4) is 0 Å². The van der Waals surface area contributed by atoms with Crippen molar-refractivity contribution >= 4 is 33.3 Å². The molecule has 5 heteroatoms. The maximum Gasteiger partial charge on any atom is 0.243 e. The van der Waals surface area contributed by atoms with E-state index in [2.05, 4.69) is 36.4 Å². The molecule has 0 atom stereocenters. The second-order valence-corrected chi connectivity index (χ2v) is 10.3. The van der Waals surface area contributed by atoms with Crippen molar-refractivity contribution in [3.05, 3.63) is 99.1 Å². The van der Waals surface area contributed by atoms with E-state index in [1.165, 1.54) is 15.4 Å². The lowest BCUT2D eigenvalue weighted by molar-refractivity contribution is 0.520. The first-order valence-electron chi connectivity index (χ1n) is 9.90. The molecular weight excluding hydrogens is 414 g/mol. The van der Waals surface area contributed by atoms with E-state index in [0.29, 0.717) is 10.6 Å². The topological polar surface area (TPSA) is 37.4 Å². The van der Waals surface area contributed by atoms with Gasteiger partial charge in [-0.15, -0.1) is 0 Å². The molecule has 0 N–H and O–H groups in total. The first-order chi connectivity index (χ1) is 14.3. The Kier molecular flexibility index (Phi) is 5.58. The molecule has 154 valence electrons. The van der Waals surface area contributed by atoms with Gasteiger partial charge in [0.05, 0.1) is 4.90 Å². The van der Waals surface area contributed by atoms with Crippen LogP contribution in [0.1, 0.15) is 33.4 Å². The van der Waals surface area contributed by atoms with Crippen molar-refractivity contribution in [3.63, 3.8) is 0 Å². The van der Waals surface area contributed by atoms with Crippen LogP contribution >= 0.6 is 11.6 Å². The minimum atomic E-state index is -3.63. The van der Waals surface area contributed by atoms with Gasteiger partial charge in [-0.25, -0.2) is 12.7 Å². The van der Waals surface area contributed by atoms with Gasteiger partial charge in [-0.3, -0.25) is 0 Å². The zero-order valence-electron chi connectivity index (χ0n) is 17.3. The van der Waals surface area contributed by atoms with Crippen LogP contribution in [0.3, 0.4) is 0 Å². The molecule has 0 spiro atoms. The maximum absolute atomic E-state index is 13.1. The average Bonchev–Trinajstić information content (AvgIpc) is 2.88. The van der Waals surface area contributed by atoms with Gasteiger partial charge < -0.3 is 0 Å². The number of nitrogens with zero attached hydrogens (tertiary/aromatic N) is 1. The highest BCUT2D eigenvalue weighted by Crippen LogP contribution is 2.37. The van der Waals surface area contributed by atoms with Crippen LogP contribution in [0.15, 0.2) is 65.6 Å². The van der Waals surface area contributed by atoms with Crippen molar-refractivity contribution in [2.24, 2.45) is 0 Å². The van der Waals surface area contributed by atoms with Gasteiger partial charge >= 0.3 is 0 Å². The Bertz CT molecular complexity index is 1210. The molecule has 3 aromatic carbocycles. The van der Waals surface area contributed by atoms with E-state index in [-0.39, 0.29) is 4.90 Å². The second-order valence-electron chi connectivity index (χ2n) is 7.80. The minimum absolute atomic E-state index is 0.265. The zero-order chi connectivity index (χ0) is 21.5. The third kappa shape index (κ3) is 3.71. The Balaban J connectivity index is 2.05. The molecular formula is C25H24ClNO2S. The van der Waals surface area contributed by atoms with Crippen LogP contribution < -0.4 is 0 Å². The molecule has 3 nitrogen and oxygen atoms in total. The Morgan fingerprint density at radius 3 is 1.97 bits per heavy atom. The Morgan fingerprint density at radius 1 is 0.900 bits per heavy atom. The Morgan fingerprint density at radius 2 is 1.43 bits per heavy atom. The summed E-state index contributed by atoms with van der Waals surface area (Å²) < 4.78 is 27.4. The standard InChI is InChI=1S/C25H24ClNO2S/c1-17-14-25(30(28,29)27(2)3)20(16-24(17)26)15-23-21-10-6-4-8-18(21)12-13-19-9-5-7-11-22(19)23/h4-11,14-16H,12-13H2,1-3H3. The molecule has 0 amide bonds. The van der Waals surface area contributed by atoms with Crippen molar-refractivity contribution in [2.45, 2.75) is 24.7 Å². The van der Waals surface area contributed by atoms with Crippen LogP contribution in [0.2, 0.25) is 5.02 Å². The largest absolute Gasteiger partial charge is 0.243 e. The lowest BCUT2D eigenvalue weighted by atomic mass is 9.92. The molecule has 0 bridgehead atoms. The summed E-state index contributed by atoms with van der Waals surface area (Å²) >= 11 is 6.43. The van der Waals surface area contributed by atoms with Crippen molar-refractivity contribution in [1.82, 2.24) is 4.31 Å². The highest BCUT2D eigenvalue weighted by molar-refractivity contribution is 7.89. The van der Waals surface area contributed by atoms with Gasteiger partial charge in [0.15, 0.2) is 0 Å². The van der Waals surface area contributed by atoms with Gasteiger partial charge in [0.1, 0.15) is 0 Å². The smallest absolute Gasteiger partial charge is 0.207 e. The first-order valence-corrected chi connectivity index (χ1v) is 11.7. The minimum Gasteiger partial charge on any atom is -0.207 e. The van der Waals surface area contributed by atoms with Crippen LogP contribution in [-0.2, 0) is 22.9 Å². The average molecular weight is 438 g/mol. The summed E-state index contributed by atoms with van der Waals surface area (Å²) in [6.45, 7) is 1.82. The fourth-order valence-electron chi connectivity index (χ4n) is 3.93. The lowest BCUT2D eigenvalue weighted by Crippen LogP contribution is -2.23. The van der Waals surface area contributed by atoms with E-state index >= 15 is 0 Å². The fraction of sp³-hybridized carbons (Fsp3) is 0.200. The second kappa shape index (κ2) is 8.03. The highest BCUT2D eigenvalue weighted by atomic mass is 35.5. The fourth-order valence-corrected chi connectivity index (χ4v) is 5.24. The Hall–Kier alpha value is -2.40. The summed E-state index contributed by atoms with van der Waals surface area (Å²) in [6, 6.07) is 20.1. The molecule has 0 unspecified atom stereocenters. The van der Waals surface area contributed by atoms with Crippen LogP contribution in [0.5, 0.6) is 0 Å². The van der Waals surface area contributed by atoms with Gasteiger partial charge in [0, 0.05) is 19.1 Å². The van der Waals surface area contributed by atoms with Crippen LogP contribution in [-0.4, -0.2) is 26.8 Å². The SMILES string of the molecule is Cc1cc(S(=O)(=O)N(C)C)c(C=C2c3ccccc3CCc3ccccc32)cc1Cl. The molecule has 0 aliphatic heterocycles. The molecule has 0 heterocycles. The van der Waals surface area contributed by atoms with Crippen molar-refractivity contribution in [2.75, 3.05) is 14.1 Å². The first kappa shape index (κ1) is 20.9. The van der Waals surface area contributed by atoms with Gasteiger partial charge in [-0.1, -0.05) is 60.1 Å². The highest BCUT2D eigenvalue weighted by Gasteiger charge is 2.24. The molecule has 0 aromatic heterocycles. The molecule has 0 radical (unpaired) electrons. The van der Waals surface area contributed by atoms with Gasteiger partial charge in [0.2, 0.25) is 10.0 Å². The van der Waals surface area contributed by atoms with Crippen LogP contribution in [0.4, 0.5) is 0 Å². The van der Waals surface area contributed by atoms with Crippen LogP contribution in [0, 0.1) is 6.92 Å². The van der Waals surface area contributed by atoms with Crippen molar-refractivity contribution < 1.29 is 8.42 Å². The molecule has 0 saturated carbocycles. The number of halogens is 1. The summed E-state index contributed by atoms with van der Waals surface area (Å²) in [5.74, 6) is 0. The third-order valence-corrected chi connectivity index (χ3v) is 7.91. The van der Waals surface area contributed by atoms with E-state index in [4.69, 9.17) is 11.6 Å². The quantitative estimate of drug-likeness (QED) is 0.535. The van der Waals surface area contributed by atoms with E-state index in [0.717, 1.165) is 35.1 Å². The van der Waals surface area contributed by atoms with E-state index in [1.54, 1.807) is 26.2 Å². The monoisotopic (exact) mass is 437 g/mol. The van der Waals surface area contributed by atoms with E-state index in [9.17, 15) is 8.42 Å². The number of rotatable bonds is 3. The predicted octanol–water partition coefficient (Wildman–Crippen LogP) is 5.59. The summed E-state index contributed by atoms with van der Waals surface area (Å²) in [5.41, 5.74) is 7.14. The van der Waals surface area contributed by atoms with Gasteiger partial charge in [-0.2, -0.15) is 0 Å². The van der Waals surface area contributed by atoms with E-state index < -0.39 is 10.0 Å². The van der Waals surface area contributed by atoms with Crippen molar-refractivity contribution in [1.29, 1.82) is 0 Å². The Labute approximate surface area is 183 Å². The molecule has 0 saturated heterocycles. The number of fused-ring (bicyclic) bond motifs is 2. The third-order valence-electron chi connectivity index (χ3n) is 5.63. The molecule has 1 aliphatic carbocycles. The number of aryl methyl sites for hydroxylation is 3. The van der Waals surface area contributed by atoms with E-state index in [1.807, 2.05) is 25.1 Å². The number of hydrogen-bond donors (Lipinski definition) is 0. The summed E-state index contributed by atoms with van der Waals surface area (Å²) in [7, 11) is -0.535. The van der Waals surface area contributed by atoms with Gasteiger partial charge in [0.25, 0.3) is 0 Å². The molecule has 30 heavy (non-hydrogen) atoms. The normalized spacial score (nSPS) is 13.6. The maximum atomic E-state index is 13.1. The predicted molar refractivity (Wildman–Crippen MR) is 124 cm³/mol. The molecule has 1 aliphatic rings. The number of sulfonamides is 1. The lowest BCUT2D eigenvalue weighted by Gasteiger charge is -2.17. The zero-order valence-corrected chi connectivity index (χ0v) is 18.9. The molecule has 4 rings (SSSR count).